The summed E-state index contributed by atoms with van der Waals surface area (Å²) in [5, 5.41) is 18.5. The number of phenolic OH excluding ortho intramolecular Hbond substituents is 1. The van der Waals surface area contributed by atoms with Gasteiger partial charge in [0.2, 0.25) is 5.91 Å². The Morgan fingerprint density at radius 1 is 1.02 bits per heavy atom. The van der Waals surface area contributed by atoms with Crippen LogP contribution in [0.3, 0.4) is 0 Å². The van der Waals surface area contributed by atoms with Crippen molar-refractivity contribution in [3.63, 3.8) is 0 Å². The normalized spacial score (nSPS) is 12.8. The number of amides is 3. The molecule has 3 amide bonds. The molecule has 214 valence electrons. The van der Waals surface area contributed by atoms with E-state index in [0.29, 0.717) is 17.7 Å². The first-order chi connectivity index (χ1) is 18.9. The molecule has 40 heavy (non-hydrogen) atoms. The van der Waals surface area contributed by atoms with E-state index < -0.39 is 35.6 Å². The number of nitrogens with zero attached hydrogens (tertiary/aromatic N) is 1. The summed E-state index contributed by atoms with van der Waals surface area (Å²) in [5.41, 5.74) is 0.659. The molecule has 0 aliphatic carbocycles. The van der Waals surface area contributed by atoms with Gasteiger partial charge in [0.1, 0.15) is 23.4 Å². The second-order valence-electron chi connectivity index (χ2n) is 10.7. The summed E-state index contributed by atoms with van der Waals surface area (Å²) in [6.07, 6.45) is 0.600. The maximum Gasteiger partial charge on any atom is 0.408 e. The van der Waals surface area contributed by atoms with Crippen molar-refractivity contribution in [1.82, 2.24) is 10.2 Å². The average Bonchev–Trinajstić information content (AvgIpc) is 2.90. The molecule has 0 spiro atoms. The van der Waals surface area contributed by atoms with Crippen LogP contribution in [0.5, 0.6) is 5.75 Å². The molecule has 3 aromatic carbocycles. The molecule has 0 saturated heterocycles. The molecule has 0 aromatic heterocycles. The Bertz CT molecular complexity index is 1350. The lowest BCUT2D eigenvalue weighted by Crippen LogP contribution is -2.53. The van der Waals surface area contributed by atoms with Crippen molar-refractivity contribution in [3.8, 4) is 5.75 Å². The molecule has 0 bridgehead atoms. The van der Waals surface area contributed by atoms with Gasteiger partial charge in [0.25, 0.3) is 5.91 Å². The van der Waals surface area contributed by atoms with Gasteiger partial charge >= 0.3 is 6.09 Å². The first-order valence-electron chi connectivity index (χ1n) is 13.4. The minimum absolute atomic E-state index is 0.0144. The van der Waals surface area contributed by atoms with E-state index in [-0.39, 0.29) is 23.6 Å². The van der Waals surface area contributed by atoms with Crippen LogP contribution in [0.15, 0.2) is 60.7 Å². The highest BCUT2D eigenvalue weighted by atomic mass is 32.1. The van der Waals surface area contributed by atoms with Crippen LogP contribution in [0.2, 0.25) is 0 Å². The summed E-state index contributed by atoms with van der Waals surface area (Å²) in [6.45, 7) is 9.11. The number of hydrogen-bond acceptors (Lipinski definition) is 6. The summed E-state index contributed by atoms with van der Waals surface area (Å²) >= 11 is 4.32. The van der Waals surface area contributed by atoms with Crippen LogP contribution in [0.1, 0.15) is 57.7 Å². The number of fused-ring (bicyclic) bond motifs is 1. The van der Waals surface area contributed by atoms with Gasteiger partial charge < -0.3 is 25.4 Å². The maximum atomic E-state index is 14.0. The van der Waals surface area contributed by atoms with Crippen molar-refractivity contribution in [2.75, 3.05) is 17.6 Å². The summed E-state index contributed by atoms with van der Waals surface area (Å²) in [7, 11) is 0. The highest BCUT2D eigenvalue weighted by Gasteiger charge is 2.37. The molecule has 9 heteroatoms. The number of hydrogen-bond donors (Lipinski definition) is 4. The van der Waals surface area contributed by atoms with Crippen LogP contribution >= 0.6 is 12.6 Å². The second kappa shape index (κ2) is 13.6. The quantitative estimate of drug-likeness (QED) is 0.226. The summed E-state index contributed by atoms with van der Waals surface area (Å²) in [6, 6.07) is 16.2. The smallest absolute Gasteiger partial charge is 0.408 e. The lowest BCUT2D eigenvalue weighted by Gasteiger charge is -2.34. The number of benzene rings is 3. The van der Waals surface area contributed by atoms with Crippen LogP contribution in [0.25, 0.3) is 10.8 Å². The zero-order chi connectivity index (χ0) is 29.4. The molecule has 0 saturated carbocycles. The molecule has 2 unspecified atom stereocenters. The molecule has 0 aliphatic heterocycles. The van der Waals surface area contributed by atoms with Gasteiger partial charge in [0.15, 0.2) is 0 Å². The third-order valence-corrected chi connectivity index (χ3v) is 6.71. The van der Waals surface area contributed by atoms with E-state index in [1.54, 1.807) is 52.0 Å². The Morgan fingerprint density at radius 3 is 2.38 bits per heavy atom. The van der Waals surface area contributed by atoms with Gasteiger partial charge in [-0.25, -0.2) is 4.79 Å². The fraction of sp³-hybridized carbons (Fsp3) is 0.387. The van der Waals surface area contributed by atoms with E-state index in [9.17, 15) is 19.5 Å². The molecule has 0 heterocycles. The number of unbranched alkanes of at least 4 members (excludes halogenated alkanes) is 1. The van der Waals surface area contributed by atoms with Crippen molar-refractivity contribution in [2.45, 2.75) is 65.1 Å². The van der Waals surface area contributed by atoms with E-state index in [2.05, 4.69) is 23.3 Å². The van der Waals surface area contributed by atoms with Crippen molar-refractivity contribution in [3.05, 3.63) is 71.8 Å². The second-order valence-corrected chi connectivity index (χ2v) is 11.1. The topological polar surface area (TPSA) is 108 Å². The number of phenols is 1. The zero-order valence-electron chi connectivity index (χ0n) is 23.7. The molecule has 2 atom stereocenters. The Hall–Kier alpha value is -3.72. The number of anilines is 1. The number of aryl methyl sites for hydroxylation is 1. The van der Waals surface area contributed by atoms with Crippen molar-refractivity contribution in [1.29, 1.82) is 0 Å². The Labute approximate surface area is 241 Å². The number of ether oxygens (including phenoxy) is 1. The van der Waals surface area contributed by atoms with Crippen LogP contribution in [-0.2, 0) is 14.3 Å². The monoisotopic (exact) mass is 565 g/mol. The van der Waals surface area contributed by atoms with E-state index in [1.807, 2.05) is 43.3 Å². The van der Waals surface area contributed by atoms with E-state index in [4.69, 9.17) is 4.74 Å². The lowest BCUT2D eigenvalue weighted by molar-refractivity contribution is -0.140. The minimum atomic E-state index is -1.17. The number of para-hydroxylation sites is 1. The number of aromatic hydroxyl groups is 1. The number of alkyl carbamates (subject to hydrolysis) is 1. The van der Waals surface area contributed by atoms with E-state index in [1.165, 1.54) is 4.90 Å². The highest BCUT2D eigenvalue weighted by molar-refractivity contribution is 7.80. The molecule has 3 rings (SSSR count). The third-order valence-electron chi connectivity index (χ3n) is 6.35. The molecule has 3 aromatic rings. The SMILES string of the molecule is CCCCN(C(=O)C(CS)NC(=O)OC(C)(C)C)C(C(=O)Nc1ccc2ccccc2c1)c1cccc(C)c1O. The molecular formula is C31H39N3O5S. The van der Waals surface area contributed by atoms with Crippen LogP contribution in [0.4, 0.5) is 10.5 Å². The number of carbonyl (C=O) groups excluding carboxylic acids is 3. The molecule has 0 radical (unpaired) electrons. The molecular weight excluding hydrogens is 526 g/mol. The molecule has 8 nitrogen and oxygen atoms in total. The fourth-order valence-corrected chi connectivity index (χ4v) is 4.61. The van der Waals surface area contributed by atoms with Gasteiger partial charge in [-0.05, 0) is 62.6 Å². The van der Waals surface area contributed by atoms with Crippen LogP contribution in [0, 0.1) is 6.92 Å². The van der Waals surface area contributed by atoms with Crippen LogP contribution in [-0.4, -0.2) is 51.9 Å². The Morgan fingerprint density at radius 2 is 1.73 bits per heavy atom. The molecule has 0 aliphatic rings. The van der Waals surface area contributed by atoms with Gasteiger partial charge in [0, 0.05) is 23.5 Å². The number of thiol groups is 1. The minimum Gasteiger partial charge on any atom is -0.507 e. The van der Waals surface area contributed by atoms with Gasteiger partial charge in [-0.3, -0.25) is 9.59 Å². The van der Waals surface area contributed by atoms with Crippen molar-refractivity contribution < 1.29 is 24.2 Å². The highest BCUT2D eigenvalue weighted by Crippen LogP contribution is 2.33. The summed E-state index contributed by atoms with van der Waals surface area (Å²) in [5.74, 6) is -1.08. The van der Waals surface area contributed by atoms with Crippen LogP contribution < -0.4 is 10.6 Å². The summed E-state index contributed by atoms with van der Waals surface area (Å²) < 4.78 is 5.35. The zero-order valence-corrected chi connectivity index (χ0v) is 24.6. The van der Waals surface area contributed by atoms with E-state index in [0.717, 1.165) is 17.2 Å². The maximum absolute atomic E-state index is 14.0. The van der Waals surface area contributed by atoms with Gasteiger partial charge in [-0.2, -0.15) is 12.6 Å². The summed E-state index contributed by atoms with van der Waals surface area (Å²) in [4.78, 5) is 41.9. The number of rotatable bonds is 10. The standard InChI is InChI=1S/C31H39N3O5S/c1-6-7-17-34(29(37)25(19-40)33-30(38)39-31(3,4)5)26(24-14-10-11-20(2)27(24)35)28(36)32-23-16-15-21-12-8-9-13-22(21)18-23/h8-16,18,25-26,35,40H,6-7,17,19H2,1-5H3,(H,32,36)(H,33,38). The Kier molecular flexibility index (Phi) is 10.5. The third kappa shape index (κ3) is 7.91. The number of carbonyl (C=O) groups is 3. The van der Waals surface area contributed by atoms with Crippen molar-refractivity contribution >= 4 is 47.0 Å². The molecule has 3 N–H and O–H groups in total. The first kappa shape index (κ1) is 30.8. The fourth-order valence-electron chi connectivity index (χ4n) is 4.36. The van der Waals surface area contributed by atoms with Gasteiger partial charge in [0.05, 0.1) is 0 Å². The predicted molar refractivity (Wildman–Crippen MR) is 162 cm³/mol. The lowest BCUT2D eigenvalue weighted by atomic mass is 9.98. The largest absolute Gasteiger partial charge is 0.507 e. The predicted octanol–water partition coefficient (Wildman–Crippen LogP) is 5.99. The average molecular weight is 566 g/mol. The van der Waals surface area contributed by atoms with Gasteiger partial charge in [-0.1, -0.05) is 61.9 Å². The first-order valence-corrected chi connectivity index (χ1v) is 14.1. The number of nitrogens with one attached hydrogen (secondary N) is 2. The van der Waals surface area contributed by atoms with Gasteiger partial charge in [-0.15, -0.1) is 0 Å². The van der Waals surface area contributed by atoms with E-state index >= 15 is 0 Å². The Balaban J connectivity index is 2.03. The van der Waals surface area contributed by atoms with Crippen molar-refractivity contribution in [2.24, 2.45) is 0 Å². The molecule has 0 fully saturated rings.